The molecule has 1 aliphatic carbocycles. The number of aryl methyl sites for hydroxylation is 2. The Bertz CT molecular complexity index is 1060. The maximum atomic E-state index is 12.3. The summed E-state index contributed by atoms with van der Waals surface area (Å²) in [7, 11) is 0. The molecule has 1 N–H and O–H groups in total. The van der Waals surface area contributed by atoms with E-state index in [1.165, 1.54) is 41.2 Å². The number of para-hydroxylation sites is 1. The first kappa shape index (κ1) is 19.0. The Morgan fingerprint density at radius 1 is 1.14 bits per heavy atom. The number of hydrogen-bond acceptors (Lipinski definition) is 2. The molecule has 6 heteroatoms. The summed E-state index contributed by atoms with van der Waals surface area (Å²) >= 11 is 12.0. The molecule has 28 heavy (non-hydrogen) atoms. The Morgan fingerprint density at radius 3 is 2.82 bits per heavy atom. The lowest BCUT2D eigenvalue weighted by atomic mass is 9.95. The van der Waals surface area contributed by atoms with Gasteiger partial charge in [0.1, 0.15) is 0 Å². The van der Waals surface area contributed by atoms with Crippen LogP contribution in [0.5, 0.6) is 0 Å². The average molecular weight is 414 g/mol. The number of benzene rings is 2. The molecular weight excluding hydrogens is 393 g/mol. The first-order valence-corrected chi connectivity index (χ1v) is 10.2. The predicted molar refractivity (Wildman–Crippen MR) is 115 cm³/mol. The molecule has 0 saturated heterocycles. The van der Waals surface area contributed by atoms with Gasteiger partial charge < -0.3 is 4.57 Å². The summed E-state index contributed by atoms with van der Waals surface area (Å²) in [5.74, 6) is -0.122. The van der Waals surface area contributed by atoms with E-state index in [2.05, 4.69) is 39.4 Å². The zero-order valence-corrected chi connectivity index (χ0v) is 16.9. The topological polar surface area (TPSA) is 46.4 Å². The molecule has 0 bridgehead atoms. The van der Waals surface area contributed by atoms with Gasteiger partial charge in [-0.15, -0.1) is 0 Å². The fourth-order valence-corrected chi connectivity index (χ4v) is 4.35. The van der Waals surface area contributed by atoms with E-state index in [1.807, 2.05) is 0 Å². The Hall–Kier alpha value is -2.30. The smallest absolute Gasteiger partial charge is 0.241 e. The zero-order valence-electron chi connectivity index (χ0n) is 15.4. The molecule has 0 saturated carbocycles. The third-order valence-electron chi connectivity index (χ3n) is 5.20. The number of nitrogens with zero attached hydrogens (tertiary/aromatic N) is 2. The second-order valence-electron chi connectivity index (χ2n) is 7.01. The maximum absolute atomic E-state index is 12.3. The summed E-state index contributed by atoms with van der Waals surface area (Å²) < 4.78 is 2.31. The standard InChI is InChI=1S/C22H21Cl2N3O/c23-16-10-9-15(19(24)13-16)14-25-26-22(28)11-12-27-20-7-3-1-5-17(20)18-6-2-4-8-21(18)27/h1,3,5,7,9-10,13-14H,2,4,6,8,11-12H2,(H,26,28)/b25-14+. The lowest BCUT2D eigenvalue weighted by Gasteiger charge is -2.15. The fraction of sp³-hybridized carbons (Fsp3) is 0.273. The largest absolute Gasteiger partial charge is 0.344 e. The van der Waals surface area contributed by atoms with Crippen LogP contribution in [0.4, 0.5) is 0 Å². The van der Waals surface area contributed by atoms with Gasteiger partial charge in [0.05, 0.1) is 11.2 Å². The van der Waals surface area contributed by atoms with Gasteiger partial charge in [-0.2, -0.15) is 5.10 Å². The summed E-state index contributed by atoms with van der Waals surface area (Å²) in [5, 5.41) is 6.41. The van der Waals surface area contributed by atoms with E-state index >= 15 is 0 Å². The SMILES string of the molecule is O=C(CCn1c2c(c3ccccc31)CCCC2)N/N=C/c1ccc(Cl)cc1Cl. The number of halogens is 2. The van der Waals surface area contributed by atoms with Crippen molar-refractivity contribution in [2.24, 2.45) is 5.10 Å². The van der Waals surface area contributed by atoms with Crippen LogP contribution in [-0.2, 0) is 24.2 Å². The molecule has 0 radical (unpaired) electrons. The van der Waals surface area contributed by atoms with Crippen molar-refractivity contribution < 1.29 is 4.79 Å². The Labute approximate surface area is 174 Å². The lowest BCUT2D eigenvalue weighted by molar-refractivity contribution is -0.121. The van der Waals surface area contributed by atoms with E-state index < -0.39 is 0 Å². The number of rotatable bonds is 5. The molecule has 0 aliphatic heterocycles. The van der Waals surface area contributed by atoms with Gasteiger partial charge in [0.25, 0.3) is 0 Å². The summed E-state index contributed by atoms with van der Waals surface area (Å²) in [5.41, 5.74) is 7.36. The number of aromatic nitrogens is 1. The van der Waals surface area contributed by atoms with E-state index in [0.717, 1.165) is 12.8 Å². The van der Waals surface area contributed by atoms with Crippen LogP contribution in [0.1, 0.15) is 36.1 Å². The van der Waals surface area contributed by atoms with Gasteiger partial charge in [0.15, 0.2) is 0 Å². The second kappa shape index (κ2) is 8.38. The Kier molecular flexibility index (Phi) is 5.69. The summed E-state index contributed by atoms with van der Waals surface area (Å²) in [6, 6.07) is 13.6. The molecule has 1 aromatic heterocycles. The van der Waals surface area contributed by atoms with Crippen LogP contribution in [0.15, 0.2) is 47.6 Å². The van der Waals surface area contributed by atoms with Gasteiger partial charge in [0, 0.05) is 40.1 Å². The van der Waals surface area contributed by atoms with Crippen molar-refractivity contribution >= 4 is 46.2 Å². The zero-order chi connectivity index (χ0) is 19.5. The average Bonchev–Trinajstić information content (AvgIpc) is 3.02. The van der Waals surface area contributed by atoms with Gasteiger partial charge in [0.2, 0.25) is 5.91 Å². The number of nitrogens with one attached hydrogen (secondary N) is 1. The third-order valence-corrected chi connectivity index (χ3v) is 5.76. The van der Waals surface area contributed by atoms with Gasteiger partial charge in [-0.05, 0) is 49.4 Å². The molecule has 0 atom stereocenters. The minimum atomic E-state index is -0.122. The minimum Gasteiger partial charge on any atom is -0.344 e. The molecule has 3 aromatic rings. The highest BCUT2D eigenvalue weighted by Crippen LogP contribution is 2.32. The minimum absolute atomic E-state index is 0.122. The Morgan fingerprint density at radius 2 is 1.96 bits per heavy atom. The predicted octanol–water partition coefficient (Wildman–Crippen LogP) is 5.37. The molecule has 4 nitrogen and oxygen atoms in total. The number of amides is 1. The highest BCUT2D eigenvalue weighted by molar-refractivity contribution is 6.36. The maximum Gasteiger partial charge on any atom is 0.241 e. The van der Waals surface area contributed by atoms with Crippen LogP contribution < -0.4 is 5.43 Å². The first-order valence-electron chi connectivity index (χ1n) is 9.49. The number of fused-ring (bicyclic) bond motifs is 3. The highest BCUT2D eigenvalue weighted by atomic mass is 35.5. The van der Waals surface area contributed by atoms with Gasteiger partial charge in [-0.3, -0.25) is 4.79 Å². The van der Waals surface area contributed by atoms with Gasteiger partial charge in [-0.1, -0.05) is 47.5 Å². The van der Waals surface area contributed by atoms with Crippen molar-refractivity contribution in [3.05, 3.63) is 69.3 Å². The fourth-order valence-electron chi connectivity index (χ4n) is 3.89. The van der Waals surface area contributed by atoms with E-state index in [1.54, 1.807) is 18.2 Å². The van der Waals surface area contributed by atoms with Crippen molar-refractivity contribution in [2.75, 3.05) is 0 Å². The van der Waals surface area contributed by atoms with Gasteiger partial charge >= 0.3 is 0 Å². The highest BCUT2D eigenvalue weighted by Gasteiger charge is 2.19. The van der Waals surface area contributed by atoms with Crippen molar-refractivity contribution in [2.45, 2.75) is 38.6 Å². The third kappa shape index (κ3) is 3.94. The van der Waals surface area contributed by atoms with Crippen LogP contribution >= 0.6 is 23.2 Å². The van der Waals surface area contributed by atoms with Crippen molar-refractivity contribution in [3.8, 4) is 0 Å². The number of hydrogen-bond donors (Lipinski definition) is 1. The van der Waals surface area contributed by atoms with Crippen molar-refractivity contribution in [1.29, 1.82) is 0 Å². The normalized spacial score (nSPS) is 13.8. The van der Waals surface area contributed by atoms with E-state index in [4.69, 9.17) is 23.2 Å². The molecule has 1 aliphatic rings. The molecule has 1 heterocycles. The first-order chi connectivity index (χ1) is 13.6. The number of carbonyl (C=O) groups is 1. The monoisotopic (exact) mass is 413 g/mol. The number of hydrazone groups is 1. The van der Waals surface area contributed by atoms with E-state index in [9.17, 15) is 4.79 Å². The molecule has 4 rings (SSSR count). The van der Waals surface area contributed by atoms with Crippen LogP contribution in [0.2, 0.25) is 10.0 Å². The molecule has 1 amide bonds. The molecular formula is C22H21Cl2N3O. The summed E-state index contributed by atoms with van der Waals surface area (Å²) in [6.45, 7) is 0.652. The van der Waals surface area contributed by atoms with Crippen LogP contribution in [0.25, 0.3) is 10.9 Å². The summed E-state index contributed by atoms with van der Waals surface area (Å²) in [4.78, 5) is 12.3. The number of carbonyl (C=O) groups excluding carboxylic acids is 1. The van der Waals surface area contributed by atoms with Crippen molar-refractivity contribution in [1.82, 2.24) is 9.99 Å². The molecule has 2 aromatic carbocycles. The summed E-state index contributed by atoms with van der Waals surface area (Å²) in [6.07, 6.45) is 6.56. The molecule has 144 valence electrons. The van der Waals surface area contributed by atoms with Crippen LogP contribution in [-0.4, -0.2) is 16.7 Å². The van der Waals surface area contributed by atoms with E-state index in [-0.39, 0.29) is 5.91 Å². The quantitative estimate of drug-likeness (QED) is 0.443. The lowest BCUT2D eigenvalue weighted by Crippen LogP contribution is -2.20. The molecule has 0 fully saturated rings. The molecule has 0 unspecified atom stereocenters. The van der Waals surface area contributed by atoms with Crippen LogP contribution in [0, 0.1) is 0 Å². The second-order valence-corrected chi connectivity index (χ2v) is 7.85. The van der Waals surface area contributed by atoms with Crippen molar-refractivity contribution in [3.63, 3.8) is 0 Å². The van der Waals surface area contributed by atoms with E-state index in [0.29, 0.717) is 28.6 Å². The Balaban J connectivity index is 1.43. The van der Waals surface area contributed by atoms with Gasteiger partial charge in [-0.25, -0.2) is 5.43 Å². The van der Waals surface area contributed by atoms with Crippen LogP contribution in [0.3, 0.4) is 0 Å². The molecule has 0 spiro atoms.